The van der Waals surface area contributed by atoms with Crippen molar-refractivity contribution >= 4 is 27.5 Å². The van der Waals surface area contributed by atoms with Crippen LogP contribution >= 0.6 is 15.9 Å². The molecule has 0 spiro atoms. The maximum atomic E-state index is 13.4. The molecule has 5 heteroatoms. The Kier molecular flexibility index (Phi) is 3.95. The Bertz CT molecular complexity index is 643. The number of anilines is 1. The van der Waals surface area contributed by atoms with E-state index in [1.54, 1.807) is 31.2 Å². The lowest BCUT2D eigenvalue weighted by Crippen LogP contribution is -2.14. The lowest BCUT2D eigenvalue weighted by atomic mass is 10.1. The van der Waals surface area contributed by atoms with Crippen molar-refractivity contribution < 1.29 is 9.18 Å². The first-order valence-electron chi connectivity index (χ1n) is 5.68. The lowest BCUT2D eigenvalue weighted by Gasteiger charge is -2.08. The van der Waals surface area contributed by atoms with E-state index in [4.69, 9.17) is 0 Å². The quantitative estimate of drug-likeness (QED) is 0.912. The lowest BCUT2D eigenvalue weighted by molar-refractivity contribution is 0.102. The Morgan fingerprint density at radius 3 is 2.63 bits per heavy atom. The normalized spacial score (nSPS) is 10.3. The van der Waals surface area contributed by atoms with E-state index < -0.39 is 5.82 Å². The van der Waals surface area contributed by atoms with E-state index in [-0.39, 0.29) is 5.91 Å². The maximum absolute atomic E-state index is 13.4. The number of carbonyl (C=O) groups is 1. The second kappa shape index (κ2) is 5.48. The molecule has 0 aliphatic rings. The van der Waals surface area contributed by atoms with Crippen molar-refractivity contribution in [2.75, 3.05) is 5.32 Å². The molecular formula is C14H12BrFN2O. The Hall–Kier alpha value is -1.75. The summed E-state index contributed by atoms with van der Waals surface area (Å²) in [5, 5.41) is 2.65. The highest BCUT2D eigenvalue weighted by molar-refractivity contribution is 9.10. The van der Waals surface area contributed by atoms with Crippen molar-refractivity contribution in [3.63, 3.8) is 0 Å². The van der Waals surface area contributed by atoms with Gasteiger partial charge in [-0.3, -0.25) is 9.78 Å². The van der Waals surface area contributed by atoms with Crippen molar-refractivity contribution in [3.8, 4) is 0 Å². The van der Waals surface area contributed by atoms with Gasteiger partial charge < -0.3 is 5.32 Å². The maximum Gasteiger partial charge on any atom is 0.257 e. The van der Waals surface area contributed by atoms with Crippen molar-refractivity contribution in [2.24, 2.45) is 0 Å². The first-order valence-corrected chi connectivity index (χ1v) is 6.47. The number of aromatic nitrogens is 1. The smallest absolute Gasteiger partial charge is 0.257 e. The molecule has 2 rings (SSSR count). The fourth-order valence-electron chi connectivity index (χ4n) is 1.70. The summed E-state index contributed by atoms with van der Waals surface area (Å²) in [6.07, 6.45) is 0. The zero-order chi connectivity index (χ0) is 14.0. The standard InChI is InChI=1S/C14H12BrFN2O/c1-8-3-5-11(9(2)17-8)14(19)18-10-4-6-12(15)13(16)7-10/h3-7H,1-2H3,(H,18,19). The molecule has 0 unspecified atom stereocenters. The van der Waals surface area contributed by atoms with Crippen LogP contribution in [0.3, 0.4) is 0 Å². The number of hydrogen-bond donors (Lipinski definition) is 1. The summed E-state index contributed by atoms with van der Waals surface area (Å²) in [5.41, 5.74) is 2.39. The second-order valence-corrected chi connectivity index (χ2v) is 5.02. The summed E-state index contributed by atoms with van der Waals surface area (Å²) in [5.74, 6) is -0.719. The van der Waals surface area contributed by atoms with E-state index in [0.29, 0.717) is 21.4 Å². The molecule has 1 heterocycles. The van der Waals surface area contributed by atoms with Gasteiger partial charge in [0.1, 0.15) is 5.82 Å². The van der Waals surface area contributed by atoms with Crippen molar-refractivity contribution in [1.82, 2.24) is 4.98 Å². The van der Waals surface area contributed by atoms with E-state index in [1.165, 1.54) is 6.07 Å². The molecule has 98 valence electrons. The van der Waals surface area contributed by atoms with Gasteiger partial charge >= 0.3 is 0 Å². The first-order chi connectivity index (χ1) is 8.97. The van der Waals surface area contributed by atoms with Crippen molar-refractivity contribution in [3.05, 3.63) is 57.6 Å². The van der Waals surface area contributed by atoms with Crippen LogP contribution in [0.25, 0.3) is 0 Å². The predicted molar refractivity (Wildman–Crippen MR) is 75.8 cm³/mol. The zero-order valence-corrected chi connectivity index (χ0v) is 12.1. The molecule has 1 aromatic carbocycles. The SMILES string of the molecule is Cc1ccc(C(=O)Nc2ccc(Br)c(F)c2)c(C)n1. The number of nitrogens with one attached hydrogen (secondary N) is 1. The molecule has 0 aliphatic carbocycles. The molecule has 2 aromatic rings. The second-order valence-electron chi connectivity index (χ2n) is 4.17. The fraction of sp³-hybridized carbons (Fsp3) is 0.143. The van der Waals surface area contributed by atoms with Gasteiger partial charge in [0.25, 0.3) is 5.91 Å². The number of rotatable bonds is 2. The summed E-state index contributed by atoms with van der Waals surface area (Å²) >= 11 is 3.06. The molecule has 0 bridgehead atoms. The predicted octanol–water partition coefficient (Wildman–Crippen LogP) is 3.85. The molecule has 0 atom stereocenters. The van der Waals surface area contributed by atoms with E-state index in [9.17, 15) is 9.18 Å². The largest absolute Gasteiger partial charge is 0.322 e. The summed E-state index contributed by atoms with van der Waals surface area (Å²) < 4.78 is 13.7. The average molecular weight is 323 g/mol. The number of halogens is 2. The van der Waals surface area contributed by atoms with Crippen molar-refractivity contribution in [2.45, 2.75) is 13.8 Å². The minimum atomic E-state index is -0.420. The topological polar surface area (TPSA) is 42.0 Å². The minimum Gasteiger partial charge on any atom is -0.322 e. The third-order valence-corrected chi connectivity index (χ3v) is 3.29. The van der Waals surface area contributed by atoms with Gasteiger partial charge in [-0.2, -0.15) is 0 Å². The highest BCUT2D eigenvalue weighted by atomic mass is 79.9. The summed E-state index contributed by atoms with van der Waals surface area (Å²) in [4.78, 5) is 16.3. The summed E-state index contributed by atoms with van der Waals surface area (Å²) in [6, 6.07) is 7.92. The van der Waals surface area contributed by atoms with Crippen LogP contribution in [0.1, 0.15) is 21.7 Å². The van der Waals surface area contributed by atoms with Crippen LogP contribution in [0, 0.1) is 19.7 Å². The number of nitrogens with zero attached hydrogens (tertiary/aromatic N) is 1. The van der Waals surface area contributed by atoms with Crippen LogP contribution in [0.5, 0.6) is 0 Å². The molecule has 19 heavy (non-hydrogen) atoms. The van der Waals surface area contributed by atoms with E-state index in [2.05, 4.69) is 26.2 Å². The number of pyridine rings is 1. The molecule has 0 saturated carbocycles. The van der Waals surface area contributed by atoms with Crippen LogP contribution in [0.15, 0.2) is 34.8 Å². The average Bonchev–Trinajstić information content (AvgIpc) is 2.33. The molecule has 3 nitrogen and oxygen atoms in total. The fourth-order valence-corrected chi connectivity index (χ4v) is 1.95. The number of amides is 1. The Morgan fingerprint density at radius 1 is 1.26 bits per heavy atom. The van der Waals surface area contributed by atoms with Crippen LogP contribution in [-0.4, -0.2) is 10.9 Å². The van der Waals surface area contributed by atoms with E-state index in [0.717, 1.165) is 5.69 Å². The van der Waals surface area contributed by atoms with Gasteiger partial charge in [0.2, 0.25) is 0 Å². The highest BCUT2D eigenvalue weighted by Crippen LogP contribution is 2.20. The first kappa shape index (κ1) is 13.7. The van der Waals surface area contributed by atoms with Crippen LogP contribution in [0.4, 0.5) is 10.1 Å². The van der Waals surface area contributed by atoms with Gasteiger partial charge in [-0.05, 0) is 60.1 Å². The van der Waals surface area contributed by atoms with Crippen molar-refractivity contribution in [1.29, 1.82) is 0 Å². The molecule has 1 amide bonds. The third-order valence-electron chi connectivity index (χ3n) is 2.65. The Morgan fingerprint density at radius 2 is 2.00 bits per heavy atom. The van der Waals surface area contributed by atoms with Crippen LogP contribution < -0.4 is 5.32 Å². The van der Waals surface area contributed by atoms with Crippen LogP contribution in [0.2, 0.25) is 0 Å². The molecule has 0 radical (unpaired) electrons. The summed E-state index contributed by atoms with van der Waals surface area (Å²) in [6.45, 7) is 3.63. The molecular weight excluding hydrogens is 311 g/mol. The third kappa shape index (κ3) is 3.17. The molecule has 1 aromatic heterocycles. The molecule has 1 N–H and O–H groups in total. The van der Waals surface area contributed by atoms with Crippen LogP contribution in [-0.2, 0) is 0 Å². The Balaban J connectivity index is 2.23. The van der Waals surface area contributed by atoms with E-state index in [1.807, 2.05) is 6.92 Å². The molecule has 0 fully saturated rings. The van der Waals surface area contributed by atoms with Gasteiger partial charge in [-0.15, -0.1) is 0 Å². The number of carbonyl (C=O) groups excluding carboxylic acids is 1. The molecule has 0 aliphatic heterocycles. The van der Waals surface area contributed by atoms with Gasteiger partial charge in [0.05, 0.1) is 15.7 Å². The summed E-state index contributed by atoms with van der Waals surface area (Å²) in [7, 11) is 0. The minimum absolute atomic E-state index is 0.299. The monoisotopic (exact) mass is 322 g/mol. The number of aryl methyl sites for hydroxylation is 2. The van der Waals surface area contributed by atoms with Gasteiger partial charge in [0, 0.05) is 11.4 Å². The zero-order valence-electron chi connectivity index (χ0n) is 10.5. The van der Waals surface area contributed by atoms with Gasteiger partial charge in [-0.1, -0.05) is 0 Å². The highest BCUT2D eigenvalue weighted by Gasteiger charge is 2.11. The number of hydrogen-bond acceptors (Lipinski definition) is 2. The molecule has 0 saturated heterocycles. The van der Waals surface area contributed by atoms with Gasteiger partial charge in [-0.25, -0.2) is 4.39 Å². The van der Waals surface area contributed by atoms with E-state index >= 15 is 0 Å². The van der Waals surface area contributed by atoms with Gasteiger partial charge in [0.15, 0.2) is 0 Å². The Labute approximate surface area is 119 Å². The number of benzene rings is 1.